The van der Waals surface area contributed by atoms with Crippen LogP contribution >= 0.6 is 0 Å². The van der Waals surface area contributed by atoms with Crippen LogP contribution in [0.25, 0.3) is 0 Å². The molecule has 2 rings (SSSR count). The van der Waals surface area contributed by atoms with E-state index in [2.05, 4.69) is 4.98 Å². The number of carbonyl (C=O) groups excluding carboxylic acids is 3. The Labute approximate surface area is 158 Å². The van der Waals surface area contributed by atoms with Crippen LogP contribution < -0.4 is 4.90 Å². The van der Waals surface area contributed by atoms with Gasteiger partial charge in [0.05, 0.1) is 12.2 Å². The molecular weight excluding hydrogens is 348 g/mol. The molecule has 1 heterocycles. The normalized spacial score (nSPS) is 11.6. The molecule has 1 atom stereocenters. The molecule has 1 amide bonds. The second-order valence-corrected chi connectivity index (χ2v) is 6.13. The van der Waals surface area contributed by atoms with Crippen molar-refractivity contribution in [2.24, 2.45) is 0 Å². The lowest BCUT2D eigenvalue weighted by Crippen LogP contribution is -2.37. The smallest absolute Gasteiger partial charge is 0.355 e. The minimum absolute atomic E-state index is 0.210. The lowest BCUT2D eigenvalue weighted by atomic mass is 10.1. The number of ether oxygens (including phenoxy) is 2. The maximum Gasteiger partial charge on any atom is 0.355 e. The summed E-state index contributed by atoms with van der Waals surface area (Å²) in [6.45, 7) is 6.75. The summed E-state index contributed by atoms with van der Waals surface area (Å²) < 4.78 is 10.3. The third-order valence-corrected chi connectivity index (χ3v) is 4.23. The van der Waals surface area contributed by atoms with Gasteiger partial charge in [-0.25, -0.2) is 9.59 Å². The summed E-state index contributed by atoms with van der Waals surface area (Å²) in [4.78, 5) is 41.4. The Morgan fingerprint density at radius 1 is 1.11 bits per heavy atom. The zero-order valence-electron chi connectivity index (χ0n) is 16.2. The summed E-state index contributed by atoms with van der Waals surface area (Å²) in [5.41, 5.74) is 2.06. The van der Waals surface area contributed by atoms with E-state index in [1.807, 2.05) is 18.2 Å². The first-order valence-electron chi connectivity index (χ1n) is 8.67. The molecule has 1 aromatic heterocycles. The van der Waals surface area contributed by atoms with Gasteiger partial charge >= 0.3 is 11.9 Å². The Hall–Kier alpha value is -3.09. The van der Waals surface area contributed by atoms with Gasteiger partial charge in [0, 0.05) is 18.4 Å². The van der Waals surface area contributed by atoms with Crippen LogP contribution in [0.15, 0.2) is 30.3 Å². The molecule has 27 heavy (non-hydrogen) atoms. The number of para-hydroxylation sites is 1. The van der Waals surface area contributed by atoms with Gasteiger partial charge in [-0.1, -0.05) is 18.2 Å². The SMILES string of the molecule is CCOC(=O)c1[nH]c(C)c(C(=O)OC(C)C(=O)N(C)c2ccccc2)c1C. The summed E-state index contributed by atoms with van der Waals surface area (Å²) in [6.07, 6.45) is -0.984. The highest BCUT2D eigenvalue weighted by Crippen LogP contribution is 2.21. The Morgan fingerprint density at radius 2 is 1.74 bits per heavy atom. The van der Waals surface area contributed by atoms with Crippen molar-refractivity contribution >= 4 is 23.5 Å². The van der Waals surface area contributed by atoms with E-state index in [4.69, 9.17) is 9.47 Å². The van der Waals surface area contributed by atoms with Crippen LogP contribution in [0.3, 0.4) is 0 Å². The van der Waals surface area contributed by atoms with Gasteiger partial charge in [0.2, 0.25) is 0 Å². The minimum atomic E-state index is -0.984. The van der Waals surface area contributed by atoms with E-state index in [1.54, 1.807) is 40.0 Å². The molecule has 1 unspecified atom stereocenters. The topological polar surface area (TPSA) is 88.7 Å². The van der Waals surface area contributed by atoms with Gasteiger partial charge in [0.15, 0.2) is 6.10 Å². The highest BCUT2D eigenvalue weighted by Gasteiger charge is 2.28. The maximum atomic E-state index is 12.6. The molecular formula is C20H24N2O5. The predicted octanol–water partition coefficient (Wildman–Crippen LogP) is 3.02. The van der Waals surface area contributed by atoms with Gasteiger partial charge in [-0.3, -0.25) is 4.79 Å². The molecule has 144 valence electrons. The zero-order valence-corrected chi connectivity index (χ0v) is 16.2. The van der Waals surface area contributed by atoms with Crippen LogP contribution in [0.1, 0.15) is 46.0 Å². The fourth-order valence-corrected chi connectivity index (χ4v) is 2.79. The second kappa shape index (κ2) is 8.53. The third kappa shape index (κ3) is 4.36. The maximum absolute atomic E-state index is 12.6. The molecule has 0 saturated carbocycles. The number of benzene rings is 1. The number of nitrogens with one attached hydrogen (secondary N) is 1. The number of carbonyl (C=O) groups is 3. The van der Waals surface area contributed by atoms with E-state index in [1.165, 1.54) is 11.8 Å². The lowest BCUT2D eigenvalue weighted by molar-refractivity contribution is -0.126. The average Bonchev–Trinajstić information content (AvgIpc) is 2.95. The van der Waals surface area contributed by atoms with Gasteiger partial charge in [0.1, 0.15) is 5.69 Å². The Kier molecular flexibility index (Phi) is 6.39. The molecule has 0 bridgehead atoms. The first-order valence-corrected chi connectivity index (χ1v) is 8.67. The molecule has 2 aromatic rings. The second-order valence-electron chi connectivity index (χ2n) is 6.13. The van der Waals surface area contributed by atoms with Crippen molar-refractivity contribution in [2.75, 3.05) is 18.6 Å². The first-order chi connectivity index (χ1) is 12.8. The summed E-state index contributed by atoms with van der Waals surface area (Å²) in [5.74, 6) is -1.56. The molecule has 0 spiro atoms. The van der Waals surface area contributed by atoms with Crippen LogP contribution in [0.4, 0.5) is 5.69 Å². The number of rotatable bonds is 6. The van der Waals surface area contributed by atoms with E-state index in [-0.39, 0.29) is 23.8 Å². The van der Waals surface area contributed by atoms with Gasteiger partial charge in [-0.2, -0.15) is 0 Å². The number of amides is 1. The highest BCUT2D eigenvalue weighted by atomic mass is 16.5. The number of H-pyrrole nitrogens is 1. The number of hydrogen-bond donors (Lipinski definition) is 1. The summed E-state index contributed by atoms with van der Waals surface area (Å²) in [6, 6.07) is 9.07. The largest absolute Gasteiger partial charge is 0.461 e. The van der Waals surface area contributed by atoms with E-state index < -0.39 is 18.0 Å². The predicted molar refractivity (Wildman–Crippen MR) is 101 cm³/mol. The fraction of sp³-hybridized carbons (Fsp3) is 0.350. The van der Waals surface area contributed by atoms with Crippen LogP contribution in [-0.4, -0.2) is 42.6 Å². The molecule has 1 aromatic carbocycles. The van der Waals surface area contributed by atoms with Crippen molar-refractivity contribution in [1.29, 1.82) is 0 Å². The molecule has 0 aliphatic carbocycles. The quantitative estimate of drug-likeness (QED) is 0.788. The molecule has 0 fully saturated rings. The lowest BCUT2D eigenvalue weighted by Gasteiger charge is -2.21. The summed E-state index contributed by atoms with van der Waals surface area (Å²) in [7, 11) is 1.62. The van der Waals surface area contributed by atoms with E-state index >= 15 is 0 Å². The number of esters is 2. The van der Waals surface area contributed by atoms with Crippen molar-refractivity contribution in [1.82, 2.24) is 4.98 Å². The van der Waals surface area contributed by atoms with E-state index in [0.29, 0.717) is 16.9 Å². The molecule has 0 radical (unpaired) electrons. The van der Waals surface area contributed by atoms with Crippen molar-refractivity contribution in [3.05, 3.63) is 52.8 Å². The fourth-order valence-electron chi connectivity index (χ4n) is 2.79. The Balaban J connectivity index is 2.15. The number of likely N-dealkylation sites (N-methyl/N-ethyl adjacent to an activating group) is 1. The Bertz CT molecular complexity index is 842. The van der Waals surface area contributed by atoms with Crippen LogP contribution in [0.2, 0.25) is 0 Å². The molecule has 0 aliphatic rings. The summed E-state index contributed by atoms with van der Waals surface area (Å²) >= 11 is 0. The van der Waals surface area contributed by atoms with Crippen LogP contribution in [0.5, 0.6) is 0 Å². The van der Waals surface area contributed by atoms with Crippen molar-refractivity contribution < 1.29 is 23.9 Å². The van der Waals surface area contributed by atoms with Crippen molar-refractivity contribution in [2.45, 2.75) is 33.8 Å². The third-order valence-electron chi connectivity index (χ3n) is 4.23. The van der Waals surface area contributed by atoms with Gasteiger partial charge in [-0.05, 0) is 45.4 Å². The van der Waals surface area contributed by atoms with Crippen LogP contribution in [0, 0.1) is 13.8 Å². The highest BCUT2D eigenvalue weighted by molar-refractivity contribution is 6.01. The zero-order chi connectivity index (χ0) is 20.1. The number of nitrogens with zero attached hydrogens (tertiary/aromatic N) is 1. The van der Waals surface area contributed by atoms with Crippen molar-refractivity contribution in [3.8, 4) is 0 Å². The number of aromatic nitrogens is 1. The van der Waals surface area contributed by atoms with Crippen molar-refractivity contribution in [3.63, 3.8) is 0 Å². The number of anilines is 1. The van der Waals surface area contributed by atoms with E-state index in [9.17, 15) is 14.4 Å². The number of aryl methyl sites for hydroxylation is 1. The minimum Gasteiger partial charge on any atom is -0.461 e. The molecule has 1 N–H and O–H groups in total. The number of aromatic amines is 1. The van der Waals surface area contributed by atoms with Gasteiger partial charge in [-0.15, -0.1) is 0 Å². The molecule has 7 nitrogen and oxygen atoms in total. The monoisotopic (exact) mass is 372 g/mol. The number of hydrogen-bond acceptors (Lipinski definition) is 5. The average molecular weight is 372 g/mol. The first kappa shape index (κ1) is 20.2. The van der Waals surface area contributed by atoms with Gasteiger partial charge in [0.25, 0.3) is 5.91 Å². The molecule has 0 aliphatic heterocycles. The molecule has 0 saturated heterocycles. The van der Waals surface area contributed by atoms with Gasteiger partial charge < -0.3 is 19.4 Å². The molecule has 7 heteroatoms. The standard InChI is InChI=1S/C20H24N2O5/c1-6-26-20(25)17-12(2)16(13(3)21-17)19(24)27-14(4)18(23)22(5)15-10-8-7-9-11-15/h7-11,14,21H,6H2,1-5H3. The van der Waals surface area contributed by atoms with Crippen LogP contribution in [-0.2, 0) is 14.3 Å². The summed E-state index contributed by atoms with van der Waals surface area (Å²) in [5, 5.41) is 0. The Morgan fingerprint density at radius 3 is 2.33 bits per heavy atom. The van der Waals surface area contributed by atoms with E-state index in [0.717, 1.165) is 0 Å².